The topological polar surface area (TPSA) is 72.6 Å². The smallest absolute Gasteiger partial charge is 0.150 e. The molecule has 3 N–H and O–H groups in total. The number of fused-ring (bicyclic) bond motifs is 2. The Labute approximate surface area is 191 Å². The standard InChI is InChI=1S/C27H38N2O3/c30-15-17-6-8-19(9-7-17)26(18-4-2-1-3-5-18)24-14-21(27(32)16-29(24)27)23-11-10-20-22(28-23)12-13-25(20)31/h6-9,15,18,20-26,28,31-32H,1-5,10-14,16H2/t20-,21+,22-,23+,24-,25+,26-,27+,29?/m1/s1. The lowest BCUT2D eigenvalue weighted by Crippen LogP contribution is -2.52. The SMILES string of the molecule is O=Cc1ccc([C@@H](C2CCCCC2)[C@H]2C[C@@H]([C@@H]3CC[C@H]4[C@@H](O)CC[C@H]4N3)[C@@]3(O)CN23)cc1. The highest BCUT2D eigenvalue weighted by Gasteiger charge is 2.68. The summed E-state index contributed by atoms with van der Waals surface area (Å²) in [4.78, 5) is 13.6. The van der Waals surface area contributed by atoms with Crippen LogP contribution in [-0.2, 0) is 0 Å². The normalized spacial score (nSPS) is 44.6. The average molecular weight is 439 g/mol. The summed E-state index contributed by atoms with van der Waals surface area (Å²) in [6.45, 7) is 0.798. The van der Waals surface area contributed by atoms with Crippen molar-refractivity contribution in [2.24, 2.45) is 17.8 Å². The largest absolute Gasteiger partial charge is 0.393 e. The minimum atomic E-state index is -0.651. The second-order valence-electron chi connectivity index (χ2n) is 11.4. The van der Waals surface area contributed by atoms with Gasteiger partial charge in [-0.2, -0.15) is 0 Å². The molecule has 0 radical (unpaired) electrons. The number of nitrogens with zero attached hydrogens (tertiary/aromatic N) is 1. The Morgan fingerprint density at radius 1 is 1.00 bits per heavy atom. The molecule has 2 aliphatic carbocycles. The van der Waals surface area contributed by atoms with Crippen LogP contribution in [0.25, 0.3) is 0 Å². The Morgan fingerprint density at radius 3 is 2.50 bits per heavy atom. The van der Waals surface area contributed by atoms with Crippen molar-refractivity contribution in [1.29, 1.82) is 0 Å². The third-order valence-corrected chi connectivity index (χ3v) is 9.83. The van der Waals surface area contributed by atoms with Crippen molar-refractivity contribution in [1.82, 2.24) is 10.2 Å². The average Bonchev–Trinajstić information content (AvgIpc) is 3.26. The molecule has 5 aliphatic rings. The fourth-order valence-electron chi connectivity index (χ4n) is 8.15. The molecule has 5 heteroatoms. The molecule has 2 saturated carbocycles. The van der Waals surface area contributed by atoms with Crippen molar-refractivity contribution in [2.75, 3.05) is 6.54 Å². The zero-order chi connectivity index (χ0) is 21.9. The molecular weight excluding hydrogens is 400 g/mol. The van der Waals surface area contributed by atoms with Gasteiger partial charge in [0.05, 0.1) is 6.10 Å². The van der Waals surface area contributed by atoms with Gasteiger partial charge in [-0.05, 0) is 56.4 Å². The van der Waals surface area contributed by atoms with Crippen molar-refractivity contribution >= 4 is 6.29 Å². The van der Waals surface area contributed by atoms with E-state index in [9.17, 15) is 15.0 Å². The monoisotopic (exact) mass is 438 g/mol. The van der Waals surface area contributed by atoms with E-state index in [0.717, 1.165) is 50.5 Å². The van der Waals surface area contributed by atoms with Crippen molar-refractivity contribution < 1.29 is 15.0 Å². The molecule has 3 aliphatic heterocycles. The lowest BCUT2D eigenvalue weighted by molar-refractivity contribution is 0.0243. The van der Waals surface area contributed by atoms with Crippen LogP contribution >= 0.6 is 0 Å². The van der Waals surface area contributed by atoms with E-state index in [2.05, 4.69) is 22.3 Å². The molecule has 1 aromatic carbocycles. The van der Waals surface area contributed by atoms with E-state index in [1.165, 1.54) is 37.7 Å². The number of hydrogen-bond acceptors (Lipinski definition) is 5. The molecule has 5 nitrogen and oxygen atoms in total. The molecule has 0 bridgehead atoms. The van der Waals surface area contributed by atoms with Crippen LogP contribution in [0.3, 0.4) is 0 Å². The van der Waals surface area contributed by atoms with Crippen LogP contribution in [-0.4, -0.2) is 57.9 Å². The Kier molecular flexibility index (Phi) is 5.45. The minimum Gasteiger partial charge on any atom is -0.393 e. The maximum Gasteiger partial charge on any atom is 0.150 e. The highest BCUT2D eigenvalue weighted by molar-refractivity contribution is 5.74. The van der Waals surface area contributed by atoms with Gasteiger partial charge in [0, 0.05) is 48.0 Å². The van der Waals surface area contributed by atoms with Gasteiger partial charge in [0.2, 0.25) is 0 Å². The molecule has 5 fully saturated rings. The summed E-state index contributed by atoms with van der Waals surface area (Å²) in [6, 6.07) is 9.42. The van der Waals surface area contributed by atoms with E-state index in [-0.39, 0.29) is 12.0 Å². The van der Waals surface area contributed by atoms with Gasteiger partial charge in [0.25, 0.3) is 0 Å². The molecule has 174 valence electrons. The summed E-state index contributed by atoms with van der Waals surface area (Å²) in [7, 11) is 0. The number of hydrogen-bond donors (Lipinski definition) is 3. The number of carbonyl (C=O) groups is 1. The fraction of sp³-hybridized carbons (Fsp3) is 0.741. The highest BCUT2D eigenvalue weighted by atomic mass is 16.3. The molecule has 3 saturated heterocycles. The zero-order valence-electron chi connectivity index (χ0n) is 19.0. The molecule has 9 atom stereocenters. The van der Waals surface area contributed by atoms with Crippen LogP contribution in [0, 0.1) is 17.8 Å². The van der Waals surface area contributed by atoms with Crippen LogP contribution in [0.1, 0.15) is 86.0 Å². The van der Waals surface area contributed by atoms with Crippen molar-refractivity contribution in [2.45, 2.75) is 100 Å². The third kappa shape index (κ3) is 3.48. The number of aliphatic hydroxyl groups is 2. The number of piperidine rings is 2. The summed E-state index contributed by atoms with van der Waals surface area (Å²) in [5.41, 5.74) is 1.43. The second kappa shape index (κ2) is 8.19. The van der Waals surface area contributed by atoms with Gasteiger partial charge in [0.1, 0.15) is 12.0 Å². The van der Waals surface area contributed by atoms with Crippen LogP contribution in [0.15, 0.2) is 24.3 Å². The van der Waals surface area contributed by atoms with Crippen LogP contribution < -0.4 is 5.32 Å². The Bertz CT molecular complexity index is 838. The van der Waals surface area contributed by atoms with E-state index >= 15 is 0 Å². The number of nitrogens with one attached hydrogen (secondary N) is 1. The predicted molar refractivity (Wildman–Crippen MR) is 123 cm³/mol. The fourth-order valence-corrected chi connectivity index (χ4v) is 8.15. The van der Waals surface area contributed by atoms with E-state index in [1.807, 2.05) is 12.1 Å². The first kappa shape index (κ1) is 21.3. The van der Waals surface area contributed by atoms with Gasteiger partial charge in [0.15, 0.2) is 0 Å². The molecule has 6 rings (SSSR count). The van der Waals surface area contributed by atoms with E-state index < -0.39 is 5.72 Å². The van der Waals surface area contributed by atoms with Crippen LogP contribution in [0.4, 0.5) is 0 Å². The molecule has 32 heavy (non-hydrogen) atoms. The molecule has 1 aromatic rings. The van der Waals surface area contributed by atoms with E-state index in [1.54, 1.807) is 0 Å². The Morgan fingerprint density at radius 2 is 1.75 bits per heavy atom. The summed E-state index contributed by atoms with van der Waals surface area (Å²) in [5.74, 6) is 1.76. The lowest BCUT2D eigenvalue weighted by Gasteiger charge is -2.40. The first-order valence-corrected chi connectivity index (χ1v) is 13.1. The number of rotatable bonds is 5. The quantitative estimate of drug-likeness (QED) is 0.485. The second-order valence-corrected chi connectivity index (χ2v) is 11.4. The molecular formula is C27H38N2O3. The van der Waals surface area contributed by atoms with E-state index in [4.69, 9.17) is 0 Å². The molecule has 0 amide bonds. The Balaban J connectivity index is 1.25. The molecule has 1 unspecified atom stereocenters. The van der Waals surface area contributed by atoms with Crippen LogP contribution in [0.5, 0.6) is 0 Å². The minimum absolute atomic E-state index is 0.143. The van der Waals surface area contributed by atoms with E-state index in [0.29, 0.717) is 35.9 Å². The maximum atomic E-state index is 11.6. The number of benzene rings is 1. The van der Waals surface area contributed by atoms with Gasteiger partial charge in [-0.15, -0.1) is 0 Å². The summed E-state index contributed by atoms with van der Waals surface area (Å²) in [6.07, 6.45) is 12.5. The summed E-state index contributed by atoms with van der Waals surface area (Å²) >= 11 is 0. The number of aliphatic hydroxyl groups excluding tert-OH is 1. The van der Waals surface area contributed by atoms with Crippen molar-refractivity contribution in [3.63, 3.8) is 0 Å². The summed E-state index contributed by atoms with van der Waals surface area (Å²) in [5, 5.41) is 25.8. The van der Waals surface area contributed by atoms with Gasteiger partial charge < -0.3 is 15.5 Å². The number of carbonyl (C=O) groups excluding carboxylic acids is 1. The van der Waals surface area contributed by atoms with Gasteiger partial charge in [-0.3, -0.25) is 9.69 Å². The Hall–Kier alpha value is -1.27. The lowest BCUT2D eigenvalue weighted by atomic mass is 9.71. The number of aldehydes is 1. The first-order chi connectivity index (χ1) is 15.6. The van der Waals surface area contributed by atoms with Crippen LogP contribution in [0.2, 0.25) is 0 Å². The van der Waals surface area contributed by atoms with Crippen molar-refractivity contribution in [3.05, 3.63) is 35.4 Å². The van der Waals surface area contributed by atoms with Gasteiger partial charge in [-0.1, -0.05) is 43.5 Å². The predicted octanol–water partition coefficient (Wildman–Crippen LogP) is 3.45. The molecule has 0 spiro atoms. The van der Waals surface area contributed by atoms with Crippen molar-refractivity contribution in [3.8, 4) is 0 Å². The first-order valence-electron chi connectivity index (χ1n) is 13.1. The maximum absolute atomic E-state index is 11.6. The summed E-state index contributed by atoms with van der Waals surface area (Å²) < 4.78 is 0. The van der Waals surface area contributed by atoms with Gasteiger partial charge in [-0.25, -0.2) is 0 Å². The van der Waals surface area contributed by atoms with Gasteiger partial charge >= 0.3 is 0 Å². The molecule has 3 heterocycles. The zero-order valence-corrected chi connectivity index (χ0v) is 19.0. The third-order valence-electron chi connectivity index (χ3n) is 9.83. The highest BCUT2D eigenvalue weighted by Crippen LogP contribution is 2.57. The molecule has 0 aromatic heterocycles.